The molecule has 6 heteroatoms. The lowest BCUT2D eigenvalue weighted by Crippen LogP contribution is -2.42. The molecule has 1 aromatic carbocycles. The van der Waals surface area contributed by atoms with Crippen LogP contribution in [0.5, 0.6) is 0 Å². The van der Waals surface area contributed by atoms with Crippen LogP contribution in [0.25, 0.3) is 0 Å². The van der Waals surface area contributed by atoms with Gasteiger partial charge in [0.15, 0.2) is 0 Å². The molecule has 116 valence electrons. The lowest BCUT2D eigenvalue weighted by molar-refractivity contribution is -0.136. The molecule has 0 atom stereocenters. The summed E-state index contributed by atoms with van der Waals surface area (Å²) in [4.78, 5) is 25.5. The Morgan fingerprint density at radius 1 is 1.29 bits per heavy atom. The molecule has 3 N–H and O–H groups in total. The van der Waals surface area contributed by atoms with Gasteiger partial charge < -0.3 is 16.0 Å². The normalized spacial score (nSPS) is 10.5. The maximum absolute atomic E-state index is 12.8. The molecule has 0 aliphatic heterocycles. The van der Waals surface area contributed by atoms with Crippen molar-refractivity contribution in [1.29, 1.82) is 0 Å². The third-order valence-corrected chi connectivity index (χ3v) is 2.98. The number of halogens is 1. The number of nitrogens with one attached hydrogen (secondary N) is 1. The molecule has 0 fully saturated rings. The van der Waals surface area contributed by atoms with Crippen LogP contribution in [0.1, 0.15) is 26.7 Å². The molecule has 1 rings (SSSR count). The van der Waals surface area contributed by atoms with Crippen LogP contribution < -0.4 is 11.1 Å². The zero-order chi connectivity index (χ0) is 15.8. The van der Waals surface area contributed by atoms with E-state index in [1.54, 1.807) is 0 Å². The van der Waals surface area contributed by atoms with E-state index in [0.29, 0.717) is 25.1 Å². The number of hydrogen-bond donors (Lipinski definition) is 2. The summed E-state index contributed by atoms with van der Waals surface area (Å²) in [6, 6.07) is 5.41. The molecule has 0 radical (unpaired) electrons. The Morgan fingerprint density at radius 2 is 1.90 bits per heavy atom. The summed E-state index contributed by atoms with van der Waals surface area (Å²) in [6.07, 6.45) is 0.931. The first-order valence-corrected chi connectivity index (χ1v) is 6.99. The summed E-state index contributed by atoms with van der Waals surface area (Å²) in [5, 5.41) is 2.64. The van der Waals surface area contributed by atoms with Gasteiger partial charge in [-0.15, -0.1) is 0 Å². The second-order valence-electron chi connectivity index (χ2n) is 5.06. The minimum atomic E-state index is -0.367. The van der Waals surface area contributed by atoms with Crippen molar-refractivity contribution < 1.29 is 14.0 Å². The molecule has 0 aliphatic rings. The SMILES string of the molecule is CC(C)N(CC(=O)Nc1ccc(F)cc1)C(=O)CCCN. The summed E-state index contributed by atoms with van der Waals surface area (Å²) in [5.74, 6) is -0.769. The monoisotopic (exact) mass is 295 g/mol. The van der Waals surface area contributed by atoms with Gasteiger partial charge in [0.1, 0.15) is 12.4 Å². The van der Waals surface area contributed by atoms with E-state index in [4.69, 9.17) is 5.73 Å². The van der Waals surface area contributed by atoms with Crippen molar-refractivity contribution in [3.05, 3.63) is 30.1 Å². The Labute approximate surface area is 124 Å². The molecule has 0 aromatic heterocycles. The van der Waals surface area contributed by atoms with E-state index in [-0.39, 0.29) is 30.2 Å². The molecule has 0 bridgehead atoms. The highest BCUT2D eigenvalue weighted by molar-refractivity contribution is 5.94. The molecule has 0 aliphatic carbocycles. The van der Waals surface area contributed by atoms with E-state index >= 15 is 0 Å². The van der Waals surface area contributed by atoms with Gasteiger partial charge >= 0.3 is 0 Å². The van der Waals surface area contributed by atoms with Crippen molar-refractivity contribution in [3.63, 3.8) is 0 Å². The van der Waals surface area contributed by atoms with Gasteiger partial charge in [-0.2, -0.15) is 0 Å². The van der Waals surface area contributed by atoms with Crippen LogP contribution in [0.2, 0.25) is 0 Å². The van der Waals surface area contributed by atoms with E-state index in [1.165, 1.54) is 29.2 Å². The van der Waals surface area contributed by atoms with Gasteiger partial charge in [-0.1, -0.05) is 0 Å². The zero-order valence-electron chi connectivity index (χ0n) is 12.4. The van der Waals surface area contributed by atoms with E-state index in [9.17, 15) is 14.0 Å². The molecule has 0 heterocycles. The number of nitrogens with zero attached hydrogens (tertiary/aromatic N) is 1. The number of amides is 2. The standard InChI is InChI=1S/C15H22FN3O2/c1-11(2)19(15(21)4-3-9-17)10-14(20)18-13-7-5-12(16)6-8-13/h5-8,11H,3-4,9-10,17H2,1-2H3,(H,18,20). The molecular weight excluding hydrogens is 273 g/mol. The van der Waals surface area contributed by atoms with Gasteiger partial charge in [-0.25, -0.2) is 4.39 Å². The third kappa shape index (κ3) is 5.91. The van der Waals surface area contributed by atoms with E-state index in [1.807, 2.05) is 13.8 Å². The average molecular weight is 295 g/mol. The Bertz CT molecular complexity index is 474. The van der Waals surface area contributed by atoms with Gasteiger partial charge in [0, 0.05) is 18.2 Å². The summed E-state index contributed by atoms with van der Waals surface area (Å²) >= 11 is 0. The molecular formula is C15H22FN3O2. The Kier molecular flexibility index (Phi) is 6.81. The smallest absolute Gasteiger partial charge is 0.244 e. The molecule has 0 saturated heterocycles. The average Bonchev–Trinajstić information content (AvgIpc) is 2.44. The second-order valence-corrected chi connectivity index (χ2v) is 5.06. The topological polar surface area (TPSA) is 75.4 Å². The van der Waals surface area contributed by atoms with E-state index in [2.05, 4.69) is 5.32 Å². The fraction of sp³-hybridized carbons (Fsp3) is 0.467. The van der Waals surface area contributed by atoms with Crippen LogP contribution >= 0.6 is 0 Å². The van der Waals surface area contributed by atoms with Gasteiger partial charge in [-0.3, -0.25) is 9.59 Å². The van der Waals surface area contributed by atoms with Crippen molar-refractivity contribution in [2.45, 2.75) is 32.7 Å². The highest BCUT2D eigenvalue weighted by Crippen LogP contribution is 2.09. The second kappa shape index (κ2) is 8.36. The quantitative estimate of drug-likeness (QED) is 0.804. The number of anilines is 1. The van der Waals surface area contributed by atoms with Gasteiger partial charge in [0.25, 0.3) is 0 Å². The molecule has 0 saturated carbocycles. The van der Waals surface area contributed by atoms with Crippen LogP contribution in [-0.4, -0.2) is 35.8 Å². The molecule has 1 aromatic rings. The predicted molar refractivity (Wildman–Crippen MR) is 80.2 cm³/mol. The number of carbonyl (C=O) groups excluding carboxylic acids is 2. The fourth-order valence-corrected chi connectivity index (χ4v) is 1.84. The first-order chi connectivity index (χ1) is 9.93. The van der Waals surface area contributed by atoms with Crippen molar-refractivity contribution in [2.75, 3.05) is 18.4 Å². The number of carbonyl (C=O) groups is 2. The van der Waals surface area contributed by atoms with Gasteiger partial charge in [0.2, 0.25) is 11.8 Å². The summed E-state index contributed by atoms with van der Waals surface area (Å²) in [5.41, 5.74) is 5.89. The van der Waals surface area contributed by atoms with Gasteiger partial charge in [-0.05, 0) is 51.1 Å². The first kappa shape index (κ1) is 17.1. The summed E-state index contributed by atoms with van der Waals surface area (Å²) < 4.78 is 12.8. The zero-order valence-corrected chi connectivity index (χ0v) is 12.4. The first-order valence-electron chi connectivity index (χ1n) is 6.99. The van der Waals surface area contributed by atoms with Crippen LogP contribution in [0.4, 0.5) is 10.1 Å². The van der Waals surface area contributed by atoms with Crippen LogP contribution in [0, 0.1) is 5.82 Å². The van der Waals surface area contributed by atoms with Crippen molar-refractivity contribution in [1.82, 2.24) is 4.90 Å². The van der Waals surface area contributed by atoms with Crippen molar-refractivity contribution >= 4 is 17.5 Å². The van der Waals surface area contributed by atoms with Gasteiger partial charge in [0.05, 0.1) is 0 Å². The number of benzene rings is 1. The summed E-state index contributed by atoms with van der Waals surface area (Å²) in [6.45, 7) is 4.12. The van der Waals surface area contributed by atoms with Crippen molar-refractivity contribution in [3.8, 4) is 0 Å². The van der Waals surface area contributed by atoms with E-state index in [0.717, 1.165) is 0 Å². The molecule has 21 heavy (non-hydrogen) atoms. The largest absolute Gasteiger partial charge is 0.331 e. The van der Waals surface area contributed by atoms with Crippen LogP contribution in [-0.2, 0) is 9.59 Å². The number of nitrogens with two attached hydrogens (primary N) is 1. The molecule has 0 spiro atoms. The molecule has 0 unspecified atom stereocenters. The maximum atomic E-state index is 12.8. The Hall–Kier alpha value is -1.95. The highest BCUT2D eigenvalue weighted by atomic mass is 19.1. The van der Waals surface area contributed by atoms with Crippen LogP contribution in [0.15, 0.2) is 24.3 Å². The lowest BCUT2D eigenvalue weighted by atomic mass is 10.2. The highest BCUT2D eigenvalue weighted by Gasteiger charge is 2.19. The maximum Gasteiger partial charge on any atom is 0.244 e. The lowest BCUT2D eigenvalue weighted by Gasteiger charge is -2.26. The van der Waals surface area contributed by atoms with Crippen molar-refractivity contribution in [2.24, 2.45) is 5.73 Å². The Morgan fingerprint density at radius 3 is 2.43 bits per heavy atom. The predicted octanol–water partition coefficient (Wildman–Crippen LogP) is 1.74. The fourth-order valence-electron chi connectivity index (χ4n) is 1.84. The Balaban J connectivity index is 2.60. The molecule has 5 nitrogen and oxygen atoms in total. The summed E-state index contributed by atoms with van der Waals surface area (Å²) in [7, 11) is 0. The minimum Gasteiger partial charge on any atom is -0.331 e. The third-order valence-electron chi connectivity index (χ3n) is 2.98. The number of rotatable bonds is 7. The van der Waals surface area contributed by atoms with Crippen LogP contribution in [0.3, 0.4) is 0 Å². The number of hydrogen-bond acceptors (Lipinski definition) is 3. The van der Waals surface area contributed by atoms with E-state index < -0.39 is 0 Å². The minimum absolute atomic E-state index is 0.0293. The molecule has 2 amide bonds.